The number of benzene rings is 1. The van der Waals surface area contributed by atoms with E-state index in [1.54, 1.807) is 0 Å². The Labute approximate surface area is 155 Å². The van der Waals surface area contributed by atoms with Gasteiger partial charge in [-0.05, 0) is 19.8 Å². The van der Waals surface area contributed by atoms with Gasteiger partial charge in [0.25, 0.3) is 5.71 Å². The van der Waals surface area contributed by atoms with Crippen LogP contribution in [0.5, 0.6) is 0 Å². The molecule has 0 aliphatic carbocycles. The van der Waals surface area contributed by atoms with E-state index in [-0.39, 0.29) is 6.04 Å². The summed E-state index contributed by atoms with van der Waals surface area (Å²) in [6.45, 7) is 4.50. The average Bonchev–Trinajstić information content (AvgIpc) is 3.40. The van der Waals surface area contributed by atoms with Crippen molar-refractivity contribution in [2.24, 2.45) is 0 Å². The first-order chi connectivity index (χ1) is 13.2. The lowest BCUT2D eigenvalue weighted by Crippen LogP contribution is -2.24. The second-order valence-corrected chi connectivity index (χ2v) is 6.65. The molecule has 1 saturated heterocycles. The van der Waals surface area contributed by atoms with Crippen LogP contribution in [0.3, 0.4) is 0 Å². The van der Waals surface area contributed by atoms with Gasteiger partial charge in [0.15, 0.2) is 17.2 Å². The molecule has 3 aromatic heterocycles. The van der Waals surface area contributed by atoms with Gasteiger partial charge in [0.1, 0.15) is 11.9 Å². The van der Waals surface area contributed by atoms with Crippen molar-refractivity contribution in [3.63, 3.8) is 0 Å². The minimum Gasteiger partial charge on any atom is -0.422 e. The molecule has 0 amide bonds. The number of aromatic nitrogens is 5. The number of oxazole rings is 1. The number of anilines is 1. The van der Waals surface area contributed by atoms with Crippen LogP contribution >= 0.6 is 0 Å². The molecule has 1 unspecified atom stereocenters. The van der Waals surface area contributed by atoms with E-state index in [1.807, 2.05) is 44.2 Å². The van der Waals surface area contributed by atoms with E-state index >= 15 is 0 Å². The Kier molecular flexibility index (Phi) is 3.63. The van der Waals surface area contributed by atoms with Gasteiger partial charge in [0.2, 0.25) is 11.7 Å². The number of hydrogen-bond acceptors (Lipinski definition) is 8. The Bertz CT molecular complexity index is 1100. The number of hydrogen-bond donors (Lipinski definition) is 0. The number of nitrogens with zero attached hydrogens (tertiary/aromatic N) is 6. The highest BCUT2D eigenvalue weighted by molar-refractivity contribution is 5.82. The van der Waals surface area contributed by atoms with E-state index in [4.69, 9.17) is 8.94 Å². The van der Waals surface area contributed by atoms with E-state index in [0.717, 1.165) is 30.8 Å². The molecule has 1 fully saturated rings. The van der Waals surface area contributed by atoms with Gasteiger partial charge >= 0.3 is 0 Å². The molecule has 0 N–H and O–H groups in total. The molecule has 8 nitrogen and oxygen atoms in total. The first kappa shape index (κ1) is 15.9. The molecule has 1 aliphatic heterocycles. The Hall–Kier alpha value is -3.29. The molecular formula is C19H18N6O2. The van der Waals surface area contributed by atoms with Gasteiger partial charge in [0.05, 0.1) is 0 Å². The van der Waals surface area contributed by atoms with Crippen LogP contribution in [-0.4, -0.2) is 31.6 Å². The van der Waals surface area contributed by atoms with Crippen molar-refractivity contribution in [3.05, 3.63) is 47.9 Å². The van der Waals surface area contributed by atoms with Crippen LogP contribution < -0.4 is 4.90 Å². The van der Waals surface area contributed by atoms with Crippen LogP contribution in [0.25, 0.3) is 22.6 Å². The first-order valence-corrected chi connectivity index (χ1v) is 8.96. The van der Waals surface area contributed by atoms with Gasteiger partial charge in [-0.1, -0.05) is 35.5 Å². The van der Waals surface area contributed by atoms with Crippen LogP contribution in [0.1, 0.15) is 36.5 Å². The summed E-state index contributed by atoms with van der Waals surface area (Å²) >= 11 is 0. The molecular weight excluding hydrogens is 344 g/mol. The van der Waals surface area contributed by atoms with Crippen LogP contribution in [0.4, 0.5) is 5.82 Å². The van der Waals surface area contributed by atoms with Crippen LogP contribution in [-0.2, 0) is 0 Å². The number of fused-ring (bicyclic) bond motifs is 1. The van der Waals surface area contributed by atoms with Gasteiger partial charge in [0, 0.05) is 19.0 Å². The smallest absolute Gasteiger partial charge is 0.252 e. The fraction of sp³-hybridized carbons (Fsp3) is 0.316. The zero-order valence-corrected chi connectivity index (χ0v) is 15.1. The van der Waals surface area contributed by atoms with Gasteiger partial charge in [-0.3, -0.25) is 0 Å². The third-order valence-corrected chi connectivity index (χ3v) is 4.74. The van der Waals surface area contributed by atoms with Gasteiger partial charge in [-0.2, -0.15) is 9.97 Å². The van der Waals surface area contributed by atoms with E-state index in [9.17, 15) is 0 Å². The van der Waals surface area contributed by atoms with Crippen molar-refractivity contribution >= 4 is 17.0 Å². The highest BCUT2D eigenvalue weighted by atomic mass is 16.5. The highest BCUT2D eigenvalue weighted by Gasteiger charge is 2.34. The molecule has 0 radical (unpaired) electrons. The summed E-state index contributed by atoms with van der Waals surface area (Å²) in [4.78, 5) is 20.3. The van der Waals surface area contributed by atoms with Crippen molar-refractivity contribution in [2.45, 2.75) is 32.7 Å². The molecule has 1 atom stereocenters. The Morgan fingerprint density at radius 1 is 1.04 bits per heavy atom. The lowest BCUT2D eigenvalue weighted by molar-refractivity contribution is 0.355. The van der Waals surface area contributed by atoms with Crippen LogP contribution in [0, 0.1) is 13.8 Å². The van der Waals surface area contributed by atoms with Crippen LogP contribution in [0.2, 0.25) is 0 Å². The standard InChI is InChI=1S/C19H18N6O2/c1-11-20-17(15-19(21-11)26-12(2)22-15)25-10-6-9-14(25)18-23-16(24-27-18)13-7-4-3-5-8-13/h3-5,7-8,14H,6,9-10H2,1-2H3. The molecule has 27 heavy (non-hydrogen) atoms. The lowest BCUT2D eigenvalue weighted by atomic mass is 10.2. The van der Waals surface area contributed by atoms with Gasteiger partial charge in [-0.15, -0.1) is 0 Å². The molecule has 1 aliphatic rings. The fourth-order valence-electron chi connectivity index (χ4n) is 3.57. The monoisotopic (exact) mass is 362 g/mol. The van der Waals surface area contributed by atoms with Gasteiger partial charge < -0.3 is 13.8 Å². The van der Waals surface area contributed by atoms with Gasteiger partial charge in [-0.25, -0.2) is 9.97 Å². The molecule has 5 rings (SSSR count). The molecule has 136 valence electrons. The predicted octanol–water partition coefficient (Wildman–Crippen LogP) is 3.63. The second-order valence-electron chi connectivity index (χ2n) is 6.65. The van der Waals surface area contributed by atoms with E-state index in [2.05, 4.69) is 30.0 Å². The summed E-state index contributed by atoms with van der Waals surface area (Å²) in [5.74, 6) is 3.17. The van der Waals surface area contributed by atoms with Crippen LogP contribution in [0.15, 0.2) is 39.3 Å². The Morgan fingerprint density at radius 3 is 2.74 bits per heavy atom. The number of rotatable bonds is 3. The SMILES string of the molecule is Cc1nc(N2CCCC2c2nc(-c3ccccc3)no2)c2nc(C)oc2n1. The third-order valence-electron chi connectivity index (χ3n) is 4.74. The van der Waals surface area contributed by atoms with Crippen molar-refractivity contribution in [3.8, 4) is 11.4 Å². The molecule has 0 saturated carbocycles. The highest BCUT2D eigenvalue weighted by Crippen LogP contribution is 2.37. The summed E-state index contributed by atoms with van der Waals surface area (Å²) in [7, 11) is 0. The fourth-order valence-corrected chi connectivity index (χ4v) is 3.57. The minimum absolute atomic E-state index is 0.0375. The second kappa shape index (κ2) is 6.15. The molecule has 0 spiro atoms. The zero-order valence-electron chi connectivity index (χ0n) is 15.1. The largest absolute Gasteiger partial charge is 0.422 e. The van der Waals surface area contributed by atoms with E-state index in [1.165, 1.54) is 0 Å². The van der Waals surface area contributed by atoms with Crippen molar-refractivity contribution in [2.75, 3.05) is 11.4 Å². The normalized spacial score (nSPS) is 17.1. The summed E-state index contributed by atoms with van der Waals surface area (Å²) in [6.07, 6.45) is 1.92. The maximum absolute atomic E-state index is 5.61. The first-order valence-electron chi connectivity index (χ1n) is 8.96. The van der Waals surface area contributed by atoms with E-state index in [0.29, 0.717) is 34.7 Å². The van der Waals surface area contributed by atoms with Crippen molar-refractivity contribution in [1.82, 2.24) is 25.1 Å². The topological polar surface area (TPSA) is 94.0 Å². The summed E-state index contributed by atoms with van der Waals surface area (Å²) in [5.41, 5.74) is 2.12. The summed E-state index contributed by atoms with van der Waals surface area (Å²) < 4.78 is 11.2. The molecule has 4 aromatic rings. The molecule has 1 aromatic carbocycles. The van der Waals surface area contributed by atoms with Crippen molar-refractivity contribution < 1.29 is 8.94 Å². The minimum atomic E-state index is -0.0375. The summed E-state index contributed by atoms with van der Waals surface area (Å²) in [6, 6.07) is 9.78. The Balaban J connectivity index is 1.54. The maximum Gasteiger partial charge on any atom is 0.252 e. The Morgan fingerprint density at radius 2 is 1.89 bits per heavy atom. The molecule has 4 heterocycles. The van der Waals surface area contributed by atoms with E-state index < -0.39 is 0 Å². The quantitative estimate of drug-likeness (QED) is 0.545. The van der Waals surface area contributed by atoms with Crippen molar-refractivity contribution in [1.29, 1.82) is 0 Å². The third kappa shape index (κ3) is 2.73. The molecule has 8 heteroatoms. The number of aryl methyl sites for hydroxylation is 2. The zero-order chi connectivity index (χ0) is 18.4. The lowest BCUT2D eigenvalue weighted by Gasteiger charge is -2.22. The predicted molar refractivity (Wildman–Crippen MR) is 98.1 cm³/mol. The average molecular weight is 362 g/mol. The summed E-state index contributed by atoms with van der Waals surface area (Å²) in [5, 5.41) is 4.16. The maximum atomic E-state index is 5.61. The molecule has 0 bridgehead atoms.